The largest absolute Gasteiger partial charge is 0.438 e. The minimum atomic E-state index is -0.508. The summed E-state index contributed by atoms with van der Waals surface area (Å²) >= 11 is 0. The lowest BCUT2D eigenvalue weighted by Crippen LogP contribution is -2.34. The maximum Gasteiger partial charge on any atom is 0.250 e. The van der Waals surface area contributed by atoms with Crippen molar-refractivity contribution in [3.8, 4) is 11.6 Å². The number of aromatic nitrogens is 1. The Morgan fingerprint density at radius 2 is 1.89 bits per heavy atom. The summed E-state index contributed by atoms with van der Waals surface area (Å²) in [5, 5.41) is 5.81. The Balaban J connectivity index is 1.55. The Bertz CT molecular complexity index is 966. The van der Waals surface area contributed by atoms with Crippen molar-refractivity contribution < 1.29 is 14.3 Å². The highest BCUT2D eigenvalue weighted by molar-refractivity contribution is 5.92. The molecular weight excluding hydrogens is 354 g/mol. The van der Waals surface area contributed by atoms with Gasteiger partial charge in [0.1, 0.15) is 5.75 Å². The monoisotopic (exact) mass is 377 g/mol. The number of nitrogens with one attached hydrogen (secondary N) is 1. The molecule has 1 aromatic heterocycles. The van der Waals surface area contributed by atoms with Crippen LogP contribution < -0.4 is 15.8 Å². The van der Waals surface area contributed by atoms with Gasteiger partial charge in [-0.3, -0.25) is 4.79 Å². The van der Waals surface area contributed by atoms with E-state index in [1.54, 1.807) is 12.1 Å². The average molecular weight is 377 g/mol. The topological polar surface area (TPSA) is 86.5 Å². The van der Waals surface area contributed by atoms with Crippen LogP contribution in [0, 0.1) is 0 Å². The molecule has 1 fully saturated rings. The number of carbonyl (C=O) groups excluding carboxylic acids is 1. The average Bonchev–Trinajstić information content (AvgIpc) is 2.74. The van der Waals surface area contributed by atoms with Gasteiger partial charge in [-0.15, -0.1) is 0 Å². The van der Waals surface area contributed by atoms with E-state index in [2.05, 4.69) is 22.4 Å². The number of ether oxygens (including phenoxy) is 2. The first-order chi connectivity index (χ1) is 13.7. The van der Waals surface area contributed by atoms with E-state index in [0.717, 1.165) is 49.1 Å². The Morgan fingerprint density at radius 1 is 1.11 bits per heavy atom. The van der Waals surface area contributed by atoms with Crippen molar-refractivity contribution in [2.75, 3.05) is 13.2 Å². The first kappa shape index (κ1) is 18.4. The second-order valence-electron chi connectivity index (χ2n) is 6.89. The fourth-order valence-electron chi connectivity index (χ4n) is 3.43. The Labute approximate surface area is 163 Å². The summed E-state index contributed by atoms with van der Waals surface area (Å²) in [7, 11) is 0. The number of fused-ring (bicyclic) bond motifs is 1. The predicted octanol–water partition coefficient (Wildman–Crippen LogP) is 3.39. The molecule has 2 aromatic carbocycles. The fourth-order valence-corrected chi connectivity index (χ4v) is 3.43. The van der Waals surface area contributed by atoms with Gasteiger partial charge in [0.2, 0.25) is 11.8 Å². The van der Waals surface area contributed by atoms with Crippen molar-refractivity contribution in [3.63, 3.8) is 0 Å². The van der Waals surface area contributed by atoms with Crippen molar-refractivity contribution in [2.45, 2.75) is 25.4 Å². The standard InChI is InChI=1S/C22H23N3O3/c23-22(26)16-6-8-21(25-14-16)28-20-7-5-15(18-3-1-2-4-19(18)20)13-24-17-9-11-27-12-10-17/h1-8,14,17,24H,9-13H2,(H2,23,26). The molecule has 1 saturated heterocycles. The summed E-state index contributed by atoms with van der Waals surface area (Å²) in [4.78, 5) is 15.4. The summed E-state index contributed by atoms with van der Waals surface area (Å²) in [5.41, 5.74) is 6.84. The molecule has 1 aliphatic heterocycles. The molecule has 0 aliphatic carbocycles. The molecule has 4 rings (SSSR count). The van der Waals surface area contributed by atoms with Crippen LogP contribution in [0.15, 0.2) is 54.7 Å². The highest BCUT2D eigenvalue weighted by Gasteiger charge is 2.14. The minimum absolute atomic E-state index is 0.353. The van der Waals surface area contributed by atoms with Gasteiger partial charge >= 0.3 is 0 Å². The van der Waals surface area contributed by atoms with E-state index in [0.29, 0.717) is 17.5 Å². The lowest BCUT2D eigenvalue weighted by atomic mass is 10.0. The molecule has 0 atom stereocenters. The van der Waals surface area contributed by atoms with Gasteiger partial charge in [0.15, 0.2) is 0 Å². The van der Waals surface area contributed by atoms with Gasteiger partial charge in [-0.25, -0.2) is 4.98 Å². The van der Waals surface area contributed by atoms with Crippen LogP contribution in [0.1, 0.15) is 28.8 Å². The predicted molar refractivity (Wildman–Crippen MR) is 107 cm³/mol. The molecule has 144 valence electrons. The quantitative estimate of drug-likeness (QED) is 0.688. The highest BCUT2D eigenvalue weighted by Crippen LogP contribution is 2.31. The van der Waals surface area contributed by atoms with Crippen LogP contribution in [0.3, 0.4) is 0 Å². The third-order valence-electron chi connectivity index (χ3n) is 5.01. The zero-order valence-corrected chi connectivity index (χ0v) is 15.6. The molecule has 0 saturated carbocycles. The molecule has 3 aromatic rings. The molecule has 1 amide bonds. The molecule has 0 radical (unpaired) electrons. The van der Waals surface area contributed by atoms with E-state index in [4.69, 9.17) is 15.2 Å². The van der Waals surface area contributed by atoms with Crippen LogP contribution >= 0.6 is 0 Å². The zero-order chi connectivity index (χ0) is 19.3. The minimum Gasteiger partial charge on any atom is -0.438 e. The molecule has 6 nitrogen and oxygen atoms in total. The summed E-state index contributed by atoms with van der Waals surface area (Å²) in [5.74, 6) is 0.638. The first-order valence-electron chi connectivity index (χ1n) is 9.46. The van der Waals surface area contributed by atoms with E-state index < -0.39 is 5.91 Å². The number of hydrogen-bond acceptors (Lipinski definition) is 5. The lowest BCUT2D eigenvalue weighted by Gasteiger charge is -2.23. The number of nitrogens with zero attached hydrogens (tertiary/aromatic N) is 1. The number of primary amides is 1. The van der Waals surface area contributed by atoms with Crippen molar-refractivity contribution in [1.29, 1.82) is 0 Å². The molecule has 0 bridgehead atoms. The molecule has 3 N–H and O–H groups in total. The number of nitrogens with two attached hydrogens (primary N) is 1. The number of pyridine rings is 1. The van der Waals surface area contributed by atoms with E-state index in [1.807, 2.05) is 24.3 Å². The van der Waals surface area contributed by atoms with Crippen LogP contribution in [0.4, 0.5) is 0 Å². The summed E-state index contributed by atoms with van der Waals surface area (Å²) in [6.07, 6.45) is 3.52. The zero-order valence-electron chi connectivity index (χ0n) is 15.6. The summed E-state index contributed by atoms with van der Waals surface area (Å²) in [6.45, 7) is 2.45. The molecule has 28 heavy (non-hydrogen) atoms. The van der Waals surface area contributed by atoms with Gasteiger partial charge in [-0.1, -0.05) is 30.3 Å². The smallest absolute Gasteiger partial charge is 0.250 e. The van der Waals surface area contributed by atoms with Crippen molar-refractivity contribution in [2.24, 2.45) is 5.73 Å². The number of hydrogen-bond donors (Lipinski definition) is 2. The van der Waals surface area contributed by atoms with Gasteiger partial charge < -0.3 is 20.5 Å². The number of carbonyl (C=O) groups is 1. The van der Waals surface area contributed by atoms with Crippen LogP contribution in [-0.4, -0.2) is 30.1 Å². The highest BCUT2D eigenvalue weighted by atomic mass is 16.5. The van der Waals surface area contributed by atoms with Gasteiger partial charge in [0.05, 0.1) is 5.56 Å². The number of amides is 1. The third-order valence-corrected chi connectivity index (χ3v) is 5.01. The molecule has 1 aliphatic rings. The van der Waals surface area contributed by atoms with Gasteiger partial charge in [-0.2, -0.15) is 0 Å². The third kappa shape index (κ3) is 4.13. The van der Waals surface area contributed by atoms with Gasteiger partial charge in [-0.05, 0) is 35.9 Å². The number of rotatable bonds is 6. The maximum atomic E-state index is 11.2. The van der Waals surface area contributed by atoms with E-state index in [-0.39, 0.29) is 0 Å². The van der Waals surface area contributed by atoms with Crippen molar-refractivity contribution in [1.82, 2.24) is 10.3 Å². The Kier molecular flexibility index (Phi) is 5.50. The second kappa shape index (κ2) is 8.37. The van der Waals surface area contributed by atoms with Crippen LogP contribution in [0.2, 0.25) is 0 Å². The summed E-state index contributed by atoms with van der Waals surface area (Å²) in [6, 6.07) is 16.0. The Hall–Kier alpha value is -2.96. The molecule has 0 spiro atoms. The molecule has 0 unspecified atom stereocenters. The van der Waals surface area contributed by atoms with Crippen LogP contribution in [-0.2, 0) is 11.3 Å². The fraction of sp³-hybridized carbons (Fsp3) is 0.273. The Morgan fingerprint density at radius 3 is 2.61 bits per heavy atom. The van der Waals surface area contributed by atoms with Crippen LogP contribution in [0.25, 0.3) is 10.8 Å². The van der Waals surface area contributed by atoms with Gasteiger partial charge in [0, 0.05) is 43.4 Å². The maximum absolute atomic E-state index is 11.2. The summed E-state index contributed by atoms with van der Waals surface area (Å²) < 4.78 is 11.4. The molecule has 6 heteroatoms. The molecule has 2 heterocycles. The second-order valence-corrected chi connectivity index (χ2v) is 6.89. The SMILES string of the molecule is NC(=O)c1ccc(Oc2ccc(CNC3CCOCC3)c3ccccc23)nc1. The molecular formula is C22H23N3O3. The number of benzene rings is 2. The van der Waals surface area contributed by atoms with Crippen molar-refractivity contribution >= 4 is 16.7 Å². The van der Waals surface area contributed by atoms with E-state index >= 15 is 0 Å². The van der Waals surface area contributed by atoms with E-state index in [1.165, 1.54) is 11.8 Å². The van der Waals surface area contributed by atoms with Crippen LogP contribution in [0.5, 0.6) is 11.6 Å². The first-order valence-corrected chi connectivity index (χ1v) is 9.46. The van der Waals surface area contributed by atoms with Gasteiger partial charge in [0.25, 0.3) is 0 Å². The lowest BCUT2D eigenvalue weighted by molar-refractivity contribution is 0.0776. The van der Waals surface area contributed by atoms with E-state index in [9.17, 15) is 4.79 Å². The van der Waals surface area contributed by atoms with Crippen molar-refractivity contribution in [3.05, 3.63) is 65.9 Å². The normalized spacial score (nSPS) is 14.9.